The van der Waals surface area contributed by atoms with Crippen LogP contribution in [0.3, 0.4) is 0 Å². The van der Waals surface area contributed by atoms with Crippen LogP contribution in [0.2, 0.25) is 0 Å². The minimum absolute atomic E-state index is 0.884. The highest BCUT2D eigenvalue weighted by Crippen LogP contribution is 2.27. The van der Waals surface area contributed by atoms with Gasteiger partial charge >= 0.3 is 0 Å². The molecule has 29 heavy (non-hydrogen) atoms. The SMILES string of the molecule is CC.CC1CCC(C)CC1.CCC.CCC(C)C.CCCCCc1ccccc1. The molecule has 0 spiro atoms. The average Bonchev–Trinajstić information content (AvgIpc) is 2.74. The first-order valence-corrected chi connectivity index (χ1v) is 12.9. The van der Waals surface area contributed by atoms with Gasteiger partial charge in [-0.1, -0.05) is 151 Å². The summed E-state index contributed by atoms with van der Waals surface area (Å²) < 4.78 is 0. The minimum Gasteiger partial charge on any atom is -0.0683 e. The number of unbranched alkanes of at least 4 members (excludes halogenated alkanes) is 2. The summed E-state index contributed by atoms with van der Waals surface area (Å²) in [7, 11) is 0. The van der Waals surface area contributed by atoms with Crippen LogP contribution in [0.4, 0.5) is 0 Å². The van der Waals surface area contributed by atoms with Crippen LogP contribution < -0.4 is 0 Å². The molecule has 0 amide bonds. The monoisotopic (exact) mass is 406 g/mol. The first-order chi connectivity index (χ1) is 13.9. The van der Waals surface area contributed by atoms with E-state index in [4.69, 9.17) is 0 Å². The topological polar surface area (TPSA) is 0 Å². The predicted molar refractivity (Wildman–Crippen MR) is 139 cm³/mol. The molecule has 0 aliphatic heterocycles. The highest BCUT2D eigenvalue weighted by molar-refractivity contribution is 5.14. The van der Waals surface area contributed by atoms with Gasteiger partial charge in [0.15, 0.2) is 0 Å². The third-order valence-electron chi connectivity index (χ3n) is 5.03. The van der Waals surface area contributed by atoms with Gasteiger partial charge in [0.05, 0.1) is 0 Å². The quantitative estimate of drug-likeness (QED) is 0.426. The van der Waals surface area contributed by atoms with Gasteiger partial charge in [-0.2, -0.15) is 0 Å². The van der Waals surface area contributed by atoms with E-state index < -0.39 is 0 Å². The van der Waals surface area contributed by atoms with E-state index in [-0.39, 0.29) is 0 Å². The van der Waals surface area contributed by atoms with Crippen LogP contribution in [0.25, 0.3) is 0 Å². The molecule has 0 heteroatoms. The molecule has 1 aliphatic carbocycles. The fraction of sp³-hybridized carbons (Fsp3) is 0.793. The van der Waals surface area contributed by atoms with Gasteiger partial charge in [-0.3, -0.25) is 0 Å². The first kappa shape index (κ1) is 32.9. The van der Waals surface area contributed by atoms with E-state index in [1.165, 1.54) is 69.8 Å². The lowest BCUT2D eigenvalue weighted by molar-refractivity contribution is 0.308. The molecular formula is C29H58. The van der Waals surface area contributed by atoms with E-state index in [2.05, 4.69) is 85.7 Å². The summed E-state index contributed by atoms with van der Waals surface area (Å²) in [6, 6.07) is 10.7. The summed E-state index contributed by atoms with van der Waals surface area (Å²) in [6.45, 7) is 21.9. The Morgan fingerprint density at radius 3 is 1.45 bits per heavy atom. The van der Waals surface area contributed by atoms with Crippen LogP contribution in [-0.2, 0) is 6.42 Å². The molecule has 2 rings (SSSR count). The Morgan fingerprint density at radius 2 is 1.14 bits per heavy atom. The van der Waals surface area contributed by atoms with Gasteiger partial charge in [-0.15, -0.1) is 0 Å². The summed E-state index contributed by atoms with van der Waals surface area (Å²) in [5.74, 6) is 2.92. The molecule has 0 heterocycles. The highest BCUT2D eigenvalue weighted by atomic mass is 14.2. The van der Waals surface area contributed by atoms with Crippen molar-refractivity contribution in [2.24, 2.45) is 17.8 Å². The number of hydrogen-bond acceptors (Lipinski definition) is 0. The molecule has 0 atom stereocenters. The molecular weight excluding hydrogens is 348 g/mol. The van der Waals surface area contributed by atoms with Crippen LogP contribution in [0.1, 0.15) is 133 Å². The maximum absolute atomic E-state index is 2.37. The zero-order valence-electron chi connectivity index (χ0n) is 22.2. The van der Waals surface area contributed by atoms with Crippen molar-refractivity contribution in [2.45, 2.75) is 133 Å². The lowest BCUT2D eigenvalue weighted by Crippen LogP contribution is -2.08. The molecule has 1 fully saturated rings. The molecule has 0 radical (unpaired) electrons. The zero-order valence-corrected chi connectivity index (χ0v) is 22.2. The smallest absolute Gasteiger partial charge is 0.0279 e. The lowest BCUT2D eigenvalue weighted by atomic mass is 9.84. The summed E-state index contributed by atoms with van der Waals surface area (Å²) in [4.78, 5) is 0. The number of benzene rings is 1. The van der Waals surface area contributed by atoms with Crippen LogP contribution in [0.15, 0.2) is 30.3 Å². The standard InChI is InChI=1S/C11H16.C8H16.C5H12.C3H8.C2H6/c1-2-3-5-8-11-9-6-4-7-10-11;1-7-3-5-8(2)6-4-7;1-4-5(2)3;1-3-2;1-2/h4,6-7,9-10H,2-3,5,8H2,1H3;7-8H,3-6H2,1-2H3;5H,4H2,1-3H3;3H2,1-2H3;1-2H3. The van der Waals surface area contributed by atoms with Crippen molar-refractivity contribution in [3.05, 3.63) is 35.9 Å². The minimum atomic E-state index is 0.884. The zero-order chi connectivity index (χ0) is 22.9. The molecule has 1 aromatic rings. The molecule has 174 valence electrons. The normalized spacial score (nSPS) is 17.2. The summed E-state index contributed by atoms with van der Waals surface area (Å²) in [6.07, 6.45) is 13.7. The Kier molecular flexibility index (Phi) is 30.9. The Balaban J connectivity index is -0.000000331. The van der Waals surface area contributed by atoms with Crippen LogP contribution in [0, 0.1) is 17.8 Å². The van der Waals surface area contributed by atoms with Gasteiger partial charge in [-0.05, 0) is 36.2 Å². The van der Waals surface area contributed by atoms with Gasteiger partial charge in [0.2, 0.25) is 0 Å². The number of hydrogen-bond donors (Lipinski definition) is 0. The van der Waals surface area contributed by atoms with E-state index >= 15 is 0 Å². The molecule has 1 aromatic carbocycles. The molecule has 1 saturated carbocycles. The Morgan fingerprint density at radius 1 is 0.759 bits per heavy atom. The van der Waals surface area contributed by atoms with Gasteiger partial charge in [0.1, 0.15) is 0 Å². The Bertz CT molecular complexity index is 347. The lowest BCUT2D eigenvalue weighted by Gasteiger charge is -2.22. The Hall–Kier alpha value is -0.780. The molecule has 0 aromatic heterocycles. The van der Waals surface area contributed by atoms with Crippen LogP contribution >= 0.6 is 0 Å². The second-order valence-corrected chi connectivity index (χ2v) is 8.82. The van der Waals surface area contributed by atoms with Crippen molar-refractivity contribution < 1.29 is 0 Å². The Labute approximate surface area is 187 Å². The van der Waals surface area contributed by atoms with Gasteiger partial charge in [0, 0.05) is 0 Å². The third kappa shape index (κ3) is 29.5. The van der Waals surface area contributed by atoms with Crippen molar-refractivity contribution in [1.29, 1.82) is 0 Å². The van der Waals surface area contributed by atoms with Crippen molar-refractivity contribution in [2.75, 3.05) is 0 Å². The van der Waals surface area contributed by atoms with Crippen molar-refractivity contribution in [3.63, 3.8) is 0 Å². The van der Waals surface area contributed by atoms with Gasteiger partial charge in [0.25, 0.3) is 0 Å². The molecule has 0 N–H and O–H groups in total. The molecule has 0 unspecified atom stereocenters. The number of aryl methyl sites for hydroxylation is 1. The summed E-state index contributed by atoms with van der Waals surface area (Å²) in [5, 5.41) is 0. The number of rotatable bonds is 5. The fourth-order valence-electron chi connectivity index (χ4n) is 2.65. The summed E-state index contributed by atoms with van der Waals surface area (Å²) in [5.41, 5.74) is 1.47. The molecule has 1 aliphatic rings. The maximum atomic E-state index is 2.37. The molecule has 0 saturated heterocycles. The summed E-state index contributed by atoms with van der Waals surface area (Å²) >= 11 is 0. The second kappa shape index (κ2) is 27.2. The van der Waals surface area contributed by atoms with Gasteiger partial charge < -0.3 is 0 Å². The van der Waals surface area contributed by atoms with E-state index in [0.29, 0.717) is 0 Å². The average molecular weight is 407 g/mol. The highest BCUT2D eigenvalue weighted by Gasteiger charge is 2.13. The largest absolute Gasteiger partial charge is 0.0683 e. The predicted octanol–water partition coefficient (Wildman–Crippen LogP) is 10.7. The van der Waals surface area contributed by atoms with E-state index in [9.17, 15) is 0 Å². The fourth-order valence-corrected chi connectivity index (χ4v) is 2.65. The van der Waals surface area contributed by atoms with E-state index in [1.807, 2.05) is 13.8 Å². The van der Waals surface area contributed by atoms with Crippen LogP contribution in [0.5, 0.6) is 0 Å². The van der Waals surface area contributed by atoms with Gasteiger partial charge in [-0.25, -0.2) is 0 Å². The van der Waals surface area contributed by atoms with Crippen molar-refractivity contribution in [3.8, 4) is 0 Å². The van der Waals surface area contributed by atoms with Crippen molar-refractivity contribution >= 4 is 0 Å². The van der Waals surface area contributed by atoms with Crippen molar-refractivity contribution in [1.82, 2.24) is 0 Å². The van der Waals surface area contributed by atoms with E-state index in [1.54, 1.807) is 0 Å². The maximum Gasteiger partial charge on any atom is -0.0279 e. The van der Waals surface area contributed by atoms with Crippen LogP contribution in [-0.4, -0.2) is 0 Å². The molecule has 0 nitrogen and oxygen atoms in total. The molecule has 0 bridgehead atoms. The first-order valence-electron chi connectivity index (χ1n) is 12.9. The third-order valence-corrected chi connectivity index (χ3v) is 5.03. The van der Waals surface area contributed by atoms with E-state index in [0.717, 1.165) is 17.8 Å². The second-order valence-electron chi connectivity index (χ2n) is 8.82.